The molecule has 0 aromatic carbocycles. The highest BCUT2D eigenvalue weighted by Crippen LogP contribution is 2.35. The minimum Gasteiger partial charge on any atom is -0.342 e. The fraction of sp³-hybridized carbons (Fsp3) is 0.875. The third kappa shape index (κ3) is 2.70. The summed E-state index contributed by atoms with van der Waals surface area (Å²) in [6, 6.07) is 0.0440. The average Bonchev–Trinajstić information content (AvgIpc) is 3.23. The van der Waals surface area contributed by atoms with E-state index in [1.165, 1.54) is 19.3 Å². The first-order valence-corrected chi connectivity index (χ1v) is 8.23. The van der Waals surface area contributed by atoms with E-state index in [0.717, 1.165) is 44.6 Å². The van der Waals surface area contributed by atoms with Gasteiger partial charge in [0.25, 0.3) is 0 Å². The van der Waals surface area contributed by atoms with Gasteiger partial charge < -0.3 is 10.2 Å². The zero-order valence-electron chi connectivity index (χ0n) is 12.5. The Kier molecular flexibility index (Phi) is 3.74. The number of hydrogen-bond donors (Lipinski definition) is 1. The highest BCUT2D eigenvalue weighted by molar-refractivity contribution is 5.94. The van der Waals surface area contributed by atoms with E-state index in [-0.39, 0.29) is 17.9 Å². The van der Waals surface area contributed by atoms with Crippen LogP contribution in [0.2, 0.25) is 0 Å². The molecule has 2 amide bonds. The summed E-state index contributed by atoms with van der Waals surface area (Å²) in [7, 11) is 0. The van der Waals surface area contributed by atoms with Crippen LogP contribution >= 0.6 is 0 Å². The molecule has 3 aliphatic rings. The Hall–Kier alpha value is -1.06. The molecular weight excluding hydrogens is 252 g/mol. The summed E-state index contributed by atoms with van der Waals surface area (Å²) >= 11 is 0. The van der Waals surface area contributed by atoms with E-state index in [1.54, 1.807) is 0 Å². The zero-order valence-corrected chi connectivity index (χ0v) is 12.5. The maximum absolute atomic E-state index is 13.0. The van der Waals surface area contributed by atoms with Crippen molar-refractivity contribution in [2.75, 3.05) is 6.54 Å². The second-order valence-electron chi connectivity index (χ2n) is 6.97. The summed E-state index contributed by atoms with van der Waals surface area (Å²) in [6.07, 6.45) is 9.14. The first-order chi connectivity index (χ1) is 9.61. The molecule has 1 atom stereocenters. The third-order valence-corrected chi connectivity index (χ3v) is 5.24. The minimum atomic E-state index is -0.580. The summed E-state index contributed by atoms with van der Waals surface area (Å²) in [5.74, 6) is 1.07. The topological polar surface area (TPSA) is 49.4 Å². The van der Waals surface area contributed by atoms with Crippen LogP contribution in [0.3, 0.4) is 0 Å². The molecule has 0 aromatic heterocycles. The molecule has 4 heteroatoms. The van der Waals surface area contributed by atoms with Gasteiger partial charge >= 0.3 is 0 Å². The number of hydrogen-bond acceptors (Lipinski definition) is 2. The zero-order chi connectivity index (χ0) is 14.2. The van der Waals surface area contributed by atoms with Crippen molar-refractivity contribution in [2.45, 2.75) is 76.3 Å². The normalized spacial score (nSPS) is 30.2. The molecule has 0 radical (unpaired) electrons. The van der Waals surface area contributed by atoms with Crippen molar-refractivity contribution < 1.29 is 9.59 Å². The second-order valence-corrected chi connectivity index (χ2v) is 6.97. The number of amides is 2. The minimum absolute atomic E-state index is 0.0440. The first kappa shape index (κ1) is 13.9. The number of carbonyl (C=O) groups is 2. The first-order valence-electron chi connectivity index (χ1n) is 8.23. The van der Waals surface area contributed by atoms with E-state index >= 15 is 0 Å². The molecule has 1 unspecified atom stereocenters. The Bertz CT molecular complexity index is 397. The van der Waals surface area contributed by atoms with Gasteiger partial charge in [-0.2, -0.15) is 0 Å². The average molecular weight is 278 g/mol. The fourth-order valence-electron chi connectivity index (χ4n) is 3.77. The van der Waals surface area contributed by atoms with Crippen molar-refractivity contribution >= 4 is 11.8 Å². The van der Waals surface area contributed by atoms with Gasteiger partial charge in [0.2, 0.25) is 11.8 Å². The quantitative estimate of drug-likeness (QED) is 0.860. The van der Waals surface area contributed by atoms with Gasteiger partial charge in [-0.3, -0.25) is 9.59 Å². The third-order valence-electron chi connectivity index (χ3n) is 5.24. The lowest BCUT2D eigenvalue weighted by atomic mass is 9.80. The second kappa shape index (κ2) is 5.38. The van der Waals surface area contributed by atoms with Crippen LogP contribution in [0.15, 0.2) is 0 Å². The van der Waals surface area contributed by atoms with Gasteiger partial charge in [0.05, 0.1) is 0 Å². The lowest BCUT2D eigenvalue weighted by Crippen LogP contribution is -2.58. The molecule has 1 N–H and O–H groups in total. The molecule has 3 rings (SSSR count). The maximum Gasteiger partial charge on any atom is 0.248 e. The van der Waals surface area contributed by atoms with Crippen molar-refractivity contribution in [2.24, 2.45) is 5.92 Å². The molecule has 3 fully saturated rings. The smallest absolute Gasteiger partial charge is 0.248 e. The summed E-state index contributed by atoms with van der Waals surface area (Å²) < 4.78 is 0. The van der Waals surface area contributed by atoms with Crippen LogP contribution in [0.1, 0.15) is 64.7 Å². The SMILES string of the molecule is CC1CC(=O)NC2(CCCCC2)C(=O)N1CCC1CC1. The van der Waals surface area contributed by atoms with E-state index in [1.807, 2.05) is 11.8 Å². The molecule has 1 spiro atoms. The van der Waals surface area contributed by atoms with Gasteiger partial charge in [0.15, 0.2) is 0 Å². The molecule has 2 saturated carbocycles. The summed E-state index contributed by atoms with van der Waals surface area (Å²) in [6.45, 7) is 2.85. The monoisotopic (exact) mass is 278 g/mol. The Balaban J connectivity index is 1.78. The van der Waals surface area contributed by atoms with Gasteiger partial charge in [0.1, 0.15) is 5.54 Å². The van der Waals surface area contributed by atoms with E-state index in [9.17, 15) is 9.59 Å². The predicted molar refractivity (Wildman–Crippen MR) is 77.1 cm³/mol. The Morgan fingerprint density at radius 2 is 1.90 bits per heavy atom. The van der Waals surface area contributed by atoms with Crippen LogP contribution in [0, 0.1) is 5.92 Å². The van der Waals surface area contributed by atoms with E-state index in [2.05, 4.69) is 5.32 Å². The molecule has 1 aliphatic heterocycles. The summed E-state index contributed by atoms with van der Waals surface area (Å²) in [5.41, 5.74) is -0.580. The molecule has 0 bridgehead atoms. The predicted octanol–water partition coefficient (Wildman–Crippen LogP) is 2.23. The van der Waals surface area contributed by atoms with Crippen molar-refractivity contribution in [1.29, 1.82) is 0 Å². The molecular formula is C16H26N2O2. The molecule has 2 aliphatic carbocycles. The van der Waals surface area contributed by atoms with Crippen LogP contribution in [0.25, 0.3) is 0 Å². The van der Waals surface area contributed by atoms with E-state index < -0.39 is 5.54 Å². The Labute approximate surface area is 121 Å². The highest BCUT2D eigenvalue weighted by atomic mass is 16.2. The number of nitrogens with one attached hydrogen (secondary N) is 1. The molecule has 20 heavy (non-hydrogen) atoms. The molecule has 0 aromatic rings. The molecule has 1 heterocycles. The largest absolute Gasteiger partial charge is 0.342 e. The molecule has 112 valence electrons. The summed E-state index contributed by atoms with van der Waals surface area (Å²) in [4.78, 5) is 27.1. The van der Waals surface area contributed by atoms with Gasteiger partial charge in [-0.25, -0.2) is 0 Å². The van der Waals surface area contributed by atoms with Crippen LogP contribution in [-0.4, -0.2) is 34.8 Å². The van der Waals surface area contributed by atoms with Crippen LogP contribution in [0.4, 0.5) is 0 Å². The number of rotatable bonds is 3. The van der Waals surface area contributed by atoms with E-state index in [4.69, 9.17) is 0 Å². The van der Waals surface area contributed by atoms with Crippen molar-refractivity contribution in [3.8, 4) is 0 Å². The lowest BCUT2D eigenvalue weighted by Gasteiger charge is -2.39. The Morgan fingerprint density at radius 3 is 2.55 bits per heavy atom. The maximum atomic E-state index is 13.0. The number of nitrogens with zero attached hydrogens (tertiary/aromatic N) is 1. The fourth-order valence-corrected chi connectivity index (χ4v) is 3.77. The lowest BCUT2D eigenvalue weighted by molar-refractivity contribution is -0.141. The van der Waals surface area contributed by atoms with Crippen molar-refractivity contribution in [3.63, 3.8) is 0 Å². The van der Waals surface area contributed by atoms with Crippen molar-refractivity contribution in [1.82, 2.24) is 10.2 Å². The van der Waals surface area contributed by atoms with Crippen LogP contribution < -0.4 is 5.32 Å². The number of carbonyl (C=O) groups excluding carboxylic acids is 2. The highest BCUT2D eigenvalue weighted by Gasteiger charge is 2.46. The van der Waals surface area contributed by atoms with Crippen LogP contribution in [0.5, 0.6) is 0 Å². The van der Waals surface area contributed by atoms with Crippen LogP contribution in [-0.2, 0) is 9.59 Å². The van der Waals surface area contributed by atoms with Gasteiger partial charge in [0, 0.05) is 19.0 Å². The van der Waals surface area contributed by atoms with Crippen molar-refractivity contribution in [3.05, 3.63) is 0 Å². The molecule has 4 nitrogen and oxygen atoms in total. The standard InChI is InChI=1S/C16H26N2O2/c1-12-11-14(19)17-16(8-3-2-4-9-16)15(20)18(12)10-7-13-5-6-13/h12-13H,2-11H2,1H3,(H,17,19). The Morgan fingerprint density at radius 1 is 1.20 bits per heavy atom. The van der Waals surface area contributed by atoms with Gasteiger partial charge in [-0.1, -0.05) is 32.1 Å². The molecule has 1 saturated heterocycles. The van der Waals surface area contributed by atoms with Gasteiger partial charge in [-0.15, -0.1) is 0 Å². The summed E-state index contributed by atoms with van der Waals surface area (Å²) in [5, 5.41) is 3.08. The van der Waals surface area contributed by atoms with Gasteiger partial charge in [-0.05, 0) is 32.1 Å². The van der Waals surface area contributed by atoms with E-state index in [0.29, 0.717) is 6.42 Å².